The predicted octanol–water partition coefficient (Wildman–Crippen LogP) is 3.41. The van der Waals surface area contributed by atoms with E-state index < -0.39 is 0 Å². The van der Waals surface area contributed by atoms with Gasteiger partial charge in [0.1, 0.15) is 6.04 Å². The molecule has 1 aromatic heterocycles. The van der Waals surface area contributed by atoms with Crippen LogP contribution < -0.4 is 19.5 Å². The minimum Gasteiger partial charge on any atom is -0.493 e. The largest absolute Gasteiger partial charge is 0.493 e. The highest BCUT2D eigenvalue weighted by atomic mass is 35.5. The van der Waals surface area contributed by atoms with Crippen molar-refractivity contribution in [1.29, 1.82) is 0 Å². The number of anilines is 1. The number of nitrogens with one attached hydrogen (secondary N) is 1. The molecule has 0 amide bonds. The number of ether oxygens (including phenoxy) is 3. The Kier molecular flexibility index (Phi) is 4.79. The molecular weight excluding hydrogens is 382 g/mol. The average Bonchev–Trinajstić information content (AvgIpc) is 3.21. The molecule has 2 aromatic carbocycles. The maximum absolute atomic E-state index is 6.39. The van der Waals surface area contributed by atoms with Crippen LogP contribution in [-0.2, 0) is 0 Å². The number of hydrogen-bond donors (Lipinski definition) is 1. The lowest BCUT2D eigenvalue weighted by molar-refractivity contribution is 0.323. The third kappa shape index (κ3) is 3.01. The molecule has 0 bridgehead atoms. The summed E-state index contributed by atoms with van der Waals surface area (Å²) < 4.78 is 18.1. The van der Waals surface area contributed by atoms with Crippen LogP contribution in [0, 0.1) is 0 Å². The van der Waals surface area contributed by atoms with E-state index in [-0.39, 0.29) is 6.04 Å². The van der Waals surface area contributed by atoms with Crippen LogP contribution in [0.15, 0.2) is 42.5 Å². The second kappa shape index (κ2) is 7.40. The van der Waals surface area contributed by atoms with E-state index in [1.807, 2.05) is 42.5 Å². The molecule has 1 unspecified atom stereocenters. The van der Waals surface area contributed by atoms with Gasteiger partial charge < -0.3 is 19.5 Å². The number of tetrazole rings is 1. The molecule has 4 rings (SSSR count). The van der Waals surface area contributed by atoms with Gasteiger partial charge >= 0.3 is 0 Å². The van der Waals surface area contributed by atoms with Crippen molar-refractivity contribution >= 4 is 23.2 Å². The number of hydrogen-bond acceptors (Lipinski definition) is 7. The smallest absolute Gasteiger partial charge is 0.248 e. The molecule has 3 aromatic rings. The van der Waals surface area contributed by atoms with Crippen molar-refractivity contribution < 1.29 is 14.2 Å². The molecule has 1 aliphatic rings. The first-order valence-electron chi connectivity index (χ1n) is 8.47. The Morgan fingerprint density at radius 1 is 1.04 bits per heavy atom. The Morgan fingerprint density at radius 3 is 2.39 bits per heavy atom. The highest BCUT2D eigenvalue weighted by molar-refractivity contribution is 6.32. The van der Waals surface area contributed by atoms with Gasteiger partial charge in [-0.25, -0.2) is 0 Å². The van der Waals surface area contributed by atoms with E-state index in [2.05, 4.69) is 20.8 Å². The Hall–Kier alpha value is -3.26. The van der Waals surface area contributed by atoms with Crippen LogP contribution in [-0.4, -0.2) is 41.5 Å². The third-order valence-electron chi connectivity index (χ3n) is 4.52. The van der Waals surface area contributed by atoms with Gasteiger partial charge in [-0.1, -0.05) is 34.9 Å². The second-order valence-corrected chi connectivity index (χ2v) is 6.44. The summed E-state index contributed by atoms with van der Waals surface area (Å²) in [6.45, 7) is 0. The van der Waals surface area contributed by atoms with Crippen LogP contribution >= 0.6 is 11.6 Å². The first-order valence-corrected chi connectivity index (χ1v) is 8.85. The molecule has 9 heteroatoms. The van der Waals surface area contributed by atoms with Gasteiger partial charge in [0.05, 0.1) is 21.3 Å². The van der Waals surface area contributed by atoms with Crippen molar-refractivity contribution in [3.63, 3.8) is 0 Å². The number of rotatable bonds is 5. The van der Waals surface area contributed by atoms with Gasteiger partial charge in [-0.3, -0.25) is 0 Å². The molecule has 28 heavy (non-hydrogen) atoms. The Balaban J connectivity index is 1.87. The fourth-order valence-corrected chi connectivity index (χ4v) is 3.44. The molecule has 0 fully saturated rings. The molecule has 2 heterocycles. The van der Waals surface area contributed by atoms with Gasteiger partial charge in [0.15, 0.2) is 11.5 Å². The lowest BCUT2D eigenvalue weighted by Gasteiger charge is -2.25. The first kappa shape index (κ1) is 18.1. The zero-order valence-corrected chi connectivity index (χ0v) is 16.3. The summed E-state index contributed by atoms with van der Waals surface area (Å²) in [5, 5.41) is 15.9. The van der Waals surface area contributed by atoms with E-state index in [4.69, 9.17) is 25.8 Å². The average molecular weight is 400 g/mol. The quantitative estimate of drug-likeness (QED) is 0.703. The third-order valence-corrected chi connectivity index (χ3v) is 4.85. The fraction of sp³-hybridized carbons (Fsp3) is 0.211. The summed E-state index contributed by atoms with van der Waals surface area (Å²) in [7, 11) is 4.73. The number of methoxy groups -OCH3 is 3. The van der Waals surface area contributed by atoms with E-state index in [1.54, 1.807) is 26.0 Å². The van der Waals surface area contributed by atoms with Gasteiger partial charge in [0.25, 0.3) is 0 Å². The monoisotopic (exact) mass is 399 g/mol. The van der Waals surface area contributed by atoms with Crippen LogP contribution in [0.25, 0.3) is 5.70 Å². The van der Waals surface area contributed by atoms with Gasteiger partial charge in [-0.05, 0) is 40.3 Å². The van der Waals surface area contributed by atoms with Gasteiger partial charge in [0.2, 0.25) is 11.7 Å². The molecule has 0 saturated heterocycles. The van der Waals surface area contributed by atoms with Crippen molar-refractivity contribution in [3.05, 3.63) is 58.6 Å². The van der Waals surface area contributed by atoms with Crippen LogP contribution in [0.5, 0.6) is 17.2 Å². The van der Waals surface area contributed by atoms with Gasteiger partial charge in [0, 0.05) is 16.3 Å². The van der Waals surface area contributed by atoms with Crippen molar-refractivity contribution in [3.8, 4) is 17.2 Å². The van der Waals surface area contributed by atoms with Crippen molar-refractivity contribution in [2.45, 2.75) is 6.04 Å². The van der Waals surface area contributed by atoms with Crippen LogP contribution in [0.2, 0.25) is 5.02 Å². The summed E-state index contributed by atoms with van der Waals surface area (Å²) in [6.07, 6.45) is 2.01. The lowest BCUT2D eigenvalue weighted by Crippen LogP contribution is -2.20. The molecular formula is C19H18ClN5O3. The normalized spacial score (nSPS) is 15.3. The Labute approximate surface area is 166 Å². The number of halogens is 1. The summed E-state index contributed by atoms with van der Waals surface area (Å²) in [6, 6.07) is 11.0. The second-order valence-electron chi connectivity index (χ2n) is 6.04. The van der Waals surface area contributed by atoms with Crippen molar-refractivity contribution in [2.24, 2.45) is 0 Å². The number of benzene rings is 2. The van der Waals surface area contributed by atoms with Gasteiger partial charge in [-0.15, -0.1) is 0 Å². The number of allylic oxidation sites excluding steroid dienone is 1. The first-order chi connectivity index (χ1) is 13.7. The number of aromatic nitrogens is 4. The number of nitrogens with zero attached hydrogens (tertiary/aromatic N) is 4. The summed E-state index contributed by atoms with van der Waals surface area (Å²) in [5.74, 6) is 2.14. The zero-order valence-electron chi connectivity index (χ0n) is 15.5. The van der Waals surface area contributed by atoms with E-state index >= 15 is 0 Å². The van der Waals surface area contributed by atoms with Crippen LogP contribution in [0.3, 0.4) is 0 Å². The van der Waals surface area contributed by atoms with Crippen molar-refractivity contribution in [2.75, 3.05) is 26.6 Å². The Bertz CT molecular complexity index is 1020. The standard InChI is InChI=1S/C19H18ClN5O3/c1-26-16-8-11(9-17(27-2)18(16)28-3)15-10-14(12-6-4-5-7-13(12)20)21-19-22-23-24-25(15)19/h4-10,15H,1-3H3,(H,21,22,24). The highest BCUT2D eigenvalue weighted by Gasteiger charge is 2.27. The van der Waals surface area contributed by atoms with Gasteiger partial charge in [-0.2, -0.15) is 4.68 Å². The van der Waals surface area contributed by atoms with E-state index in [0.717, 1.165) is 16.8 Å². The van der Waals surface area contributed by atoms with E-state index in [9.17, 15) is 0 Å². The van der Waals surface area contributed by atoms with E-state index in [0.29, 0.717) is 28.2 Å². The highest BCUT2D eigenvalue weighted by Crippen LogP contribution is 2.42. The minimum absolute atomic E-state index is 0.300. The summed E-state index contributed by atoms with van der Waals surface area (Å²) in [5.41, 5.74) is 2.54. The zero-order chi connectivity index (χ0) is 19.7. The van der Waals surface area contributed by atoms with Crippen LogP contribution in [0.1, 0.15) is 17.2 Å². The molecule has 1 aliphatic heterocycles. The molecule has 0 saturated carbocycles. The molecule has 8 nitrogen and oxygen atoms in total. The topological polar surface area (TPSA) is 83.3 Å². The molecule has 144 valence electrons. The minimum atomic E-state index is -0.300. The number of fused-ring (bicyclic) bond motifs is 1. The maximum atomic E-state index is 6.39. The maximum Gasteiger partial charge on any atom is 0.248 e. The molecule has 1 N–H and O–H groups in total. The summed E-state index contributed by atoms with van der Waals surface area (Å²) in [4.78, 5) is 0. The lowest BCUT2D eigenvalue weighted by atomic mass is 10.0. The Morgan fingerprint density at radius 2 is 1.75 bits per heavy atom. The molecule has 1 atom stereocenters. The predicted molar refractivity (Wildman–Crippen MR) is 105 cm³/mol. The van der Waals surface area contributed by atoms with E-state index in [1.165, 1.54) is 0 Å². The molecule has 0 radical (unpaired) electrons. The molecule has 0 aliphatic carbocycles. The SMILES string of the molecule is COc1cc(C2C=C(c3ccccc3Cl)Nc3nnnn32)cc(OC)c1OC. The van der Waals surface area contributed by atoms with Crippen LogP contribution in [0.4, 0.5) is 5.95 Å². The fourth-order valence-electron chi connectivity index (χ4n) is 3.20. The summed E-state index contributed by atoms with van der Waals surface area (Å²) >= 11 is 6.39. The molecule has 0 spiro atoms. The van der Waals surface area contributed by atoms with Crippen molar-refractivity contribution in [1.82, 2.24) is 20.2 Å².